The fourth-order valence-electron chi connectivity index (χ4n) is 5.85. The fraction of sp³-hybridized carbons (Fsp3) is 0.300. The number of ketones is 1. The molecule has 0 bridgehead atoms. The number of hydrogen-bond donors (Lipinski definition) is 2. The van der Waals surface area contributed by atoms with Crippen LogP contribution in [0.15, 0.2) is 66.9 Å². The normalized spacial score (nSPS) is 19.6. The maximum atomic E-state index is 13.5. The first-order valence-corrected chi connectivity index (χ1v) is 13.0. The van der Waals surface area contributed by atoms with Crippen molar-refractivity contribution in [3.63, 3.8) is 0 Å². The molecule has 2 N–H and O–H groups in total. The van der Waals surface area contributed by atoms with Crippen molar-refractivity contribution in [3.05, 3.63) is 66.9 Å². The van der Waals surface area contributed by atoms with Crippen LogP contribution < -0.4 is 10.1 Å². The van der Waals surface area contributed by atoms with E-state index in [1.807, 2.05) is 18.3 Å². The van der Waals surface area contributed by atoms with E-state index in [1.54, 1.807) is 7.11 Å². The molecule has 37 heavy (non-hydrogen) atoms. The lowest BCUT2D eigenvalue weighted by atomic mass is 9.80. The number of aromatic amines is 1. The third kappa shape index (κ3) is 3.73. The predicted molar refractivity (Wildman–Crippen MR) is 144 cm³/mol. The molecule has 7 nitrogen and oxygen atoms in total. The summed E-state index contributed by atoms with van der Waals surface area (Å²) in [5, 5.41) is 11.7. The molecule has 2 aromatic heterocycles. The Labute approximate surface area is 214 Å². The summed E-state index contributed by atoms with van der Waals surface area (Å²) in [6.45, 7) is 2.22. The van der Waals surface area contributed by atoms with Gasteiger partial charge in [0.1, 0.15) is 22.9 Å². The molecule has 0 unspecified atom stereocenters. The molecule has 0 amide bonds. The minimum atomic E-state index is -0.396. The number of carbonyl (C=O) groups is 1. The van der Waals surface area contributed by atoms with Gasteiger partial charge in [0, 0.05) is 30.0 Å². The smallest absolute Gasteiger partial charge is 0.146 e. The van der Waals surface area contributed by atoms with Crippen molar-refractivity contribution in [2.75, 3.05) is 20.2 Å². The van der Waals surface area contributed by atoms with Gasteiger partial charge in [0.05, 0.1) is 29.8 Å². The Morgan fingerprint density at radius 1 is 1.08 bits per heavy atom. The topological polar surface area (TPSA) is 84.8 Å². The zero-order valence-corrected chi connectivity index (χ0v) is 20.8. The molecule has 0 spiro atoms. The van der Waals surface area contributed by atoms with Gasteiger partial charge in [-0.1, -0.05) is 36.4 Å². The number of nitrogens with one attached hydrogen (secondary N) is 2. The lowest BCUT2D eigenvalue weighted by molar-refractivity contribution is -0.129. The monoisotopic (exact) mass is 491 g/mol. The Morgan fingerprint density at radius 3 is 2.65 bits per heavy atom. The van der Waals surface area contributed by atoms with Gasteiger partial charge in [-0.2, -0.15) is 5.10 Å². The van der Waals surface area contributed by atoms with Gasteiger partial charge in [-0.05, 0) is 61.2 Å². The molecule has 7 rings (SSSR count). The number of benzene rings is 3. The number of methoxy groups -OCH3 is 1. The fourth-order valence-corrected chi connectivity index (χ4v) is 5.85. The first-order chi connectivity index (χ1) is 18.1. The summed E-state index contributed by atoms with van der Waals surface area (Å²) in [4.78, 5) is 18.6. The van der Waals surface area contributed by atoms with E-state index in [1.165, 1.54) is 0 Å². The summed E-state index contributed by atoms with van der Waals surface area (Å²) < 4.78 is 7.91. The number of nitrogens with zero attached hydrogens (tertiary/aromatic N) is 3. The van der Waals surface area contributed by atoms with Crippen LogP contribution in [0.4, 0.5) is 0 Å². The van der Waals surface area contributed by atoms with Crippen LogP contribution in [0.5, 0.6) is 5.75 Å². The summed E-state index contributed by atoms with van der Waals surface area (Å²) in [5.41, 5.74) is 5.75. The quantitative estimate of drug-likeness (QED) is 0.326. The van der Waals surface area contributed by atoms with Crippen molar-refractivity contribution >= 4 is 27.7 Å². The summed E-state index contributed by atoms with van der Waals surface area (Å²) in [6, 6.07) is 20.9. The standard InChI is InChI=1S/C30H29N5O2/c1-37-26-4-2-3-25-27(26)33-29(35(25)18-30(13-14-31-17-30)28(36)20-7-8-20)21-9-5-19(6-10-21)22-11-12-24-23(15-22)16-32-34-24/h2-6,9-12,15-16,20,31H,7-8,13-14,17-18H2,1H3,(H,32,34)/t30-/m0/s1. The van der Waals surface area contributed by atoms with Gasteiger partial charge in [-0.25, -0.2) is 4.98 Å². The Balaban J connectivity index is 1.32. The van der Waals surface area contributed by atoms with Crippen molar-refractivity contribution in [2.24, 2.45) is 11.3 Å². The van der Waals surface area contributed by atoms with E-state index >= 15 is 0 Å². The highest BCUT2D eigenvalue weighted by Crippen LogP contribution is 2.43. The van der Waals surface area contributed by atoms with E-state index in [2.05, 4.69) is 68.6 Å². The highest BCUT2D eigenvalue weighted by molar-refractivity contribution is 5.91. The third-order valence-electron chi connectivity index (χ3n) is 8.05. The van der Waals surface area contributed by atoms with Gasteiger partial charge < -0.3 is 14.6 Å². The molecule has 0 radical (unpaired) electrons. The van der Waals surface area contributed by atoms with Crippen LogP contribution in [0, 0.1) is 11.3 Å². The van der Waals surface area contributed by atoms with Crippen molar-refractivity contribution in [2.45, 2.75) is 25.8 Å². The van der Waals surface area contributed by atoms with E-state index in [-0.39, 0.29) is 5.92 Å². The second kappa shape index (κ2) is 8.56. The minimum absolute atomic E-state index is 0.222. The molecule has 3 aromatic carbocycles. The van der Waals surface area contributed by atoms with Crippen LogP contribution in [-0.2, 0) is 11.3 Å². The Kier molecular flexibility index (Phi) is 5.15. The molecule has 1 saturated carbocycles. The molecule has 1 saturated heterocycles. The van der Waals surface area contributed by atoms with Crippen LogP contribution in [-0.4, -0.2) is 45.7 Å². The first kappa shape index (κ1) is 22.2. The van der Waals surface area contributed by atoms with E-state index in [9.17, 15) is 4.79 Å². The van der Waals surface area contributed by atoms with E-state index < -0.39 is 5.41 Å². The minimum Gasteiger partial charge on any atom is -0.494 e. The maximum absolute atomic E-state index is 13.5. The van der Waals surface area contributed by atoms with E-state index in [4.69, 9.17) is 9.72 Å². The molecule has 2 aliphatic rings. The number of Topliss-reactive ketones (excluding diaryl/α,β-unsaturated/α-hetero) is 1. The van der Waals surface area contributed by atoms with Crippen LogP contribution in [0.25, 0.3) is 44.5 Å². The van der Waals surface area contributed by atoms with E-state index in [0.717, 1.165) is 82.6 Å². The number of hydrogen-bond acceptors (Lipinski definition) is 5. The van der Waals surface area contributed by atoms with Crippen LogP contribution in [0.1, 0.15) is 19.3 Å². The van der Waals surface area contributed by atoms with Crippen molar-refractivity contribution < 1.29 is 9.53 Å². The Morgan fingerprint density at radius 2 is 1.89 bits per heavy atom. The number of ether oxygens (including phenoxy) is 1. The zero-order valence-electron chi connectivity index (χ0n) is 20.8. The average molecular weight is 492 g/mol. The molecule has 3 heterocycles. The SMILES string of the molecule is COc1cccc2c1nc(-c1ccc(-c3ccc4[nH]ncc4c3)cc1)n2C[C@]1(C(=O)C2CC2)CCNC1. The number of carbonyl (C=O) groups excluding carboxylic acids is 1. The van der Waals surface area contributed by atoms with Crippen LogP contribution in [0.2, 0.25) is 0 Å². The third-order valence-corrected chi connectivity index (χ3v) is 8.05. The van der Waals surface area contributed by atoms with Crippen LogP contribution >= 0.6 is 0 Å². The predicted octanol–water partition coefficient (Wildman–Crippen LogP) is 5.21. The second-order valence-electron chi connectivity index (χ2n) is 10.4. The van der Waals surface area contributed by atoms with Crippen molar-refractivity contribution in [1.82, 2.24) is 25.1 Å². The van der Waals surface area contributed by atoms with Gasteiger partial charge in [0.15, 0.2) is 0 Å². The Hall–Kier alpha value is -3.97. The number of imidazole rings is 1. The van der Waals surface area contributed by atoms with Crippen LogP contribution in [0.3, 0.4) is 0 Å². The van der Waals surface area contributed by atoms with Gasteiger partial charge >= 0.3 is 0 Å². The van der Waals surface area contributed by atoms with Gasteiger partial charge in [0.25, 0.3) is 0 Å². The molecule has 5 aromatic rings. The lowest BCUT2D eigenvalue weighted by Gasteiger charge is -2.28. The number of rotatable bonds is 7. The number of para-hydroxylation sites is 1. The van der Waals surface area contributed by atoms with E-state index in [0.29, 0.717) is 12.3 Å². The Bertz CT molecular complexity index is 1620. The maximum Gasteiger partial charge on any atom is 0.146 e. The first-order valence-electron chi connectivity index (χ1n) is 13.0. The van der Waals surface area contributed by atoms with Crippen molar-refractivity contribution in [3.8, 4) is 28.3 Å². The summed E-state index contributed by atoms with van der Waals surface area (Å²) in [7, 11) is 1.68. The van der Waals surface area contributed by atoms with Gasteiger partial charge in [0.2, 0.25) is 0 Å². The molecule has 186 valence electrons. The molecule has 1 aliphatic carbocycles. The molecular formula is C30H29N5O2. The number of H-pyrrole nitrogens is 1. The number of fused-ring (bicyclic) bond motifs is 2. The van der Waals surface area contributed by atoms with Gasteiger partial charge in [-0.3, -0.25) is 9.89 Å². The molecule has 1 aliphatic heterocycles. The molecule has 7 heteroatoms. The van der Waals surface area contributed by atoms with Gasteiger partial charge in [-0.15, -0.1) is 0 Å². The average Bonchev–Trinajstić information content (AvgIpc) is 3.32. The largest absolute Gasteiger partial charge is 0.494 e. The summed E-state index contributed by atoms with van der Waals surface area (Å²) >= 11 is 0. The second-order valence-corrected chi connectivity index (χ2v) is 10.4. The lowest BCUT2D eigenvalue weighted by Crippen LogP contribution is -2.39. The van der Waals surface area contributed by atoms with Crippen molar-refractivity contribution in [1.29, 1.82) is 0 Å². The molecule has 2 fully saturated rings. The number of aromatic nitrogens is 4. The molecule has 1 atom stereocenters. The molecular weight excluding hydrogens is 462 g/mol. The summed E-state index contributed by atoms with van der Waals surface area (Å²) in [6.07, 6.45) is 4.76. The highest BCUT2D eigenvalue weighted by atomic mass is 16.5. The summed E-state index contributed by atoms with van der Waals surface area (Å²) in [5.74, 6) is 2.25. The zero-order chi connectivity index (χ0) is 25.0. The highest BCUT2D eigenvalue weighted by Gasteiger charge is 2.48.